The molecule has 1 aliphatic heterocycles. The van der Waals surface area contributed by atoms with Crippen LogP contribution in [0.15, 0.2) is 24.7 Å². The van der Waals surface area contributed by atoms with Gasteiger partial charge in [-0.15, -0.1) is 0 Å². The molecule has 0 fully saturated rings. The highest BCUT2D eigenvalue weighted by Gasteiger charge is 2.31. The third kappa shape index (κ3) is 3.85. The smallest absolute Gasteiger partial charge is 0.408 e. The Labute approximate surface area is 181 Å². The van der Waals surface area contributed by atoms with Gasteiger partial charge in [0.15, 0.2) is 0 Å². The van der Waals surface area contributed by atoms with Gasteiger partial charge in [-0.2, -0.15) is 18.3 Å². The zero-order chi connectivity index (χ0) is 23.2. The highest BCUT2D eigenvalue weighted by Crippen LogP contribution is 2.35. The van der Waals surface area contributed by atoms with Crippen LogP contribution in [0, 0.1) is 20.8 Å². The van der Waals surface area contributed by atoms with Crippen molar-refractivity contribution in [1.82, 2.24) is 19.7 Å². The van der Waals surface area contributed by atoms with E-state index in [0.29, 0.717) is 16.9 Å². The van der Waals surface area contributed by atoms with Crippen LogP contribution >= 0.6 is 0 Å². The van der Waals surface area contributed by atoms with Gasteiger partial charge in [-0.1, -0.05) is 0 Å². The molecule has 1 amide bonds. The molecule has 3 heterocycles. The average molecular weight is 446 g/mol. The Kier molecular flexibility index (Phi) is 5.27. The van der Waals surface area contributed by atoms with E-state index in [9.17, 15) is 18.0 Å². The van der Waals surface area contributed by atoms with Crippen molar-refractivity contribution < 1.29 is 22.7 Å². The number of carbonyl (C=O) groups is 1. The topological polar surface area (TPSA) is 99.2 Å². The summed E-state index contributed by atoms with van der Waals surface area (Å²) >= 11 is 0. The fraction of sp³-hybridized carbons (Fsp3) is 0.333. The van der Waals surface area contributed by atoms with Crippen LogP contribution in [0.25, 0.3) is 11.1 Å². The molecule has 168 valence electrons. The van der Waals surface area contributed by atoms with Gasteiger partial charge in [-0.05, 0) is 49.6 Å². The summed E-state index contributed by atoms with van der Waals surface area (Å²) in [4.78, 5) is 22.6. The number of fused-ring (bicyclic) bond motifs is 1. The molecule has 0 radical (unpaired) electrons. The largest absolute Gasteiger partial charge is 0.475 e. The SMILES string of the molecule is Cc1cc(N2CCOc3ncnc(N)c3C2=O)cc(C)c1-c1cnn(CC(F)(F)F)c1C. The molecule has 0 bridgehead atoms. The van der Waals surface area contributed by atoms with Crippen LogP contribution in [-0.2, 0) is 6.54 Å². The zero-order valence-corrected chi connectivity index (χ0v) is 17.7. The van der Waals surface area contributed by atoms with Gasteiger partial charge < -0.3 is 15.4 Å². The predicted octanol–water partition coefficient (Wildman–Crippen LogP) is 3.45. The lowest BCUT2D eigenvalue weighted by atomic mass is 9.95. The lowest BCUT2D eigenvalue weighted by molar-refractivity contribution is -0.142. The number of ether oxygens (including phenoxy) is 1. The van der Waals surface area contributed by atoms with E-state index >= 15 is 0 Å². The van der Waals surface area contributed by atoms with Gasteiger partial charge in [0.25, 0.3) is 5.91 Å². The number of benzene rings is 1. The molecule has 3 aromatic rings. The number of nitrogens with two attached hydrogens (primary N) is 1. The van der Waals surface area contributed by atoms with Gasteiger partial charge in [0.05, 0.1) is 12.7 Å². The highest BCUT2D eigenvalue weighted by atomic mass is 19.4. The van der Waals surface area contributed by atoms with Crippen LogP contribution in [0.5, 0.6) is 5.88 Å². The molecule has 8 nitrogen and oxygen atoms in total. The summed E-state index contributed by atoms with van der Waals surface area (Å²) in [6.45, 7) is 4.64. The maximum Gasteiger partial charge on any atom is 0.408 e. The van der Waals surface area contributed by atoms with E-state index in [1.54, 1.807) is 6.92 Å². The van der Waals surface area contributed by atoms with Gasteiger partial charge in [0.1, 0.15) is 30.9 Å². The molecule has 2 aromatic heterocycles. The lowest BCUT2D eigenvalue weighted by Crippen LogP contribution is -2.33. The number of aromatic nitrogens is 4. The first-order chi connectivity index (χ1) is 15.1. The van der Waals surface area contributed by atoms with E-state index < -0.39 is 12.7 Å². The van der Waals surface area contributed by atoms with Crippen molar-refractivity contribution in [3.63, 3.8) is 0 Å². The molecule has 4 rings (SSSR count). The Balaban J connectivity index is 1.73. The predicted molar refractivity (Wildman–Crippen MR) is 112 cm³/mol. The Morgan fingerprint density at radius 1 is 1.12 bits per heavy atom. The normalized spacial score (nSPS) is 14.2. The van der Waals surface area contributed by atoms with Gasteiger partial charge in [-0.25, -0.2) is 9.97 Å². The molecule has 0 atom stereocenters. The minimum Gasteiger partial charge on any atom is -0.475 e. The number of aryl methyl sites for hydroxylation is 2. The van der Waals surface area contributed by atoms with Crippen LogP contribution in [-0.4, -0.2) is 45.0 Å². The second kappa shape index (κ2) is 7.81. The van der Waals surface area contributed by atoms with Crippen molar-refractivity contribution in [3.8, 4) is 17.0 Å². The number of amides is 1. The first-order valence-electron chi connectivity index (χ1n) is 9.82. The van der Waals surface area contributed by atoms with E-state index in [1.807, 2.05) is 26.0 Å². The van der Waals surface area contributed by atoms with Gasteiger partial charge in [0.2, 0.25) is 5.88 Å². The molecule has 2 N–H and O–H groups in total. The first kappa shape index (κ1) is 21.6. The van der Waals surface area contributed by atoms with E-state index in [0.717, 1.165) is 21.4 Å². The summed E-state index contributed by atoms with van der Waals surface area (Å²) in [5.41, 5.74) is 10.0. The number of hydrogen-bond acceptors (Lipinski definition) is 6. The van der Waals surface area contributed by atoms with Crippen molar-refractivity contribution >= 4 is 17.4 Å². The lowest BCUT2D eigenvalue weighted by Gasteiger charge is -2.23. The Morgan fingerprint density at radius 2 is 1.81 bits per heavy atom. The second-order valence-corrected chi connectivity index (χ2v) is 7.62. The highest BCUT2D eigenvalue weighted by molar-refractivity contribution is 6.10. The van der Waals surface area contributed by atoms with Crippen molar-refractivity contribution in [2.24, 2.45) is 0 Å². The summed E-state index contributed by atoms with van der Waals surface area (Å²) in [6.07, 6.45) is -1.68. The fourth-order valence-corrected chi connectivity index (χ4v) is 3.95. The Bertz CT molecular complexity index is 1180. The van der Waals surface area contributed by atoms with E-state index in [-0.39, 0.29) is 36.3 Å². The van der Waals surface area contributed by atoms with Crippen molar-refractivity contribution in [2.45, 2.75) is 33.5 Å². The maximum absolute atomic E-state index is 13.2. The fourth-order valence-electron chi connectivity index (χ4n) is 3.95. The van der Waals surface area contributed by atoms with Gasteiger partial charge in [0, 0.05) is 16.9 Å². The maximum atomic E-state index is 13.2. The van der Waals surface area contributed by atoms with E-state index in [1.165, 1.54) is 17.4 Å². The molecule has 1 aromatic carbocycles. The summed E-state index contributed by atoms with van der Waals surface area (Å²) in [5.74, 6) is -0.205. The van der Waals surface area contributed by atoms with Crippen LogP contribution in [0.2, 0.25) is 0 Å². The first-order valence-corrected chi connectivity index (χ1v) is 9.82. The number of anilines is 2. The quantitative estimate of drug-likeness (QED) is 0.662. The molecule has 0 saturated heterocycles. The summed E-state index contributed by atoms with van der Waals surface area (Å²) in [6, 6.07) is 3.62. The summed E-state index contributed by atoms with van der Waals surface area (Å²) in [7, 11) is 0. The number of halogens is 3. The van der Waals surface area contributed by atoms with Gasteiger partial charge >= 0.3 is 6.18 Å². The Hall–Kier alpha value is -3.63. The third-order valence-corrected chi connectivity index (χ3v) is 5.39. The number of carbonyl (C=O) groups excluding carboxylic acids is 1. The molecule has 32 heavy (non-hydrogen) atoms. The molecule has 11 heteroatoms. The number of nitrogen functional groups attached to an aromatic ring is 1. The monoisotopic (exact) mass is 446 g/mol. The van der Waals surface area contributed by atoms with Gasteiger partial charge in [-0.3, -0.25) is 9.48 Å². The van der Waals surface area contributed by atoms with Crippen molar-refractivity contribution in [3.05, 3.63) is 47.0 Å². The number of nitrogens with zero attached hydrogens (tertiary/aromatic N) is 5. The molecule has 0 spiro atoms. The standard InChI is InChI=1S/C21H21F3N6O2/c1-11-6-14(29-4-5-32-19-17(20(29)31)18(25)26-10-27-19)7-12(2)16(11)15-8-28-30(13(15)3)9-21(22,23)24/h6-8,10H,4-5,9H2,1-3H3,(H2,25,26,27). The van der Waals surface area contributed by atoms with Crippen molar-refractivity contribution in [2.75, 3.05) is 23.8 Å². The molecule has 1 aliphatic rings. The van der Waals surface area contributed by atoms with E-state index in [4.69, 9.17) is 10.5 Å². The third-order valence-electron chi connectivity index (χ3n) is 5.39. The minimum atomic E-state index is -4.36. The minimum absolute atomic E-state index is 0.0321. The average Bonchev–Trinajstić information content (AvgIpc) is 2.92. The molecular weight excluding hydrogens is 425 g/mol. The molecule has 0 saturated carbocycles. The number of alkyl halides is 3. The molecule has 0 unspecified atom stereocenters. The van der Waals surface area contributed by atoms with Crippen molar-refractivity contribution in [1.29, 1.82) is 0 Å². The summed E-state index contributed by atoms with van der Waals surface area (Å²) < 4.78 is 45.0. The number of rotatable bonds is 3. The molecular formula is C21H21F3N6O2. The van der Waals surface area contributed by atoms with Crippen LogP contribution in [0.4, 0.5) is 24.7 Å². The van der Waals surface area contributed by atoms with Crippen LogP contribution in [0.1, 0.15) is 27.2 Å². The summed E-state index contributed by atoms with van der Waals surface area (Å²) in [5, 5.41) is 3.92. The van der Waals surface area contributed by atoms with Crippen LogP contribution < -0.4 is 15.4 Å². The van der Waals surface area contributed by atoms with Crippen LogP contribution in [0.3, 0.4) is 0 Å². The van der Waals surface area contributed by atoms with E-state index in [2.05, 4.69) is 15.1 Å². The number of hydrogen-bond donors (Lipinski definition) is 1. The Morgan fingerprint density at radius 3 is 2.47 bits per heavy atom. The molecule has 0 aliphatic carbocycles. The second-order valence-electron chi connectivity index (χ2n) is 7.62. The zero-order valence-electron chi connectivity index (χ0n) is 17.7.